The van der Waals surface area contributed by atoms with Gasteiger partial charge in [-0.25, -0.2) is 18.1 Å². The van der Waals surface area contributed by atoms with Crippen LogP contribution < -0.4 is 9.62 Å². The van der Waals surface area contributed by atoms with Crippen LogP contribution in [0.4, 0.5) is 5.82 Å². The largest absolute Gasteiger partial charge is 0.357 e. The fourth-order valence-electron chi connectivity index (χ4n) is 3.76. The molecular formula is C16H26N4O2S. The van der Waals surface area contributed by atoms with Crippen molar-refractivity contribution in [3.8, 4) is 0 Å². The Morgan fingerprint density at radius 2 is 1.91 bits per heavy atom. The molecule has 1 N–H and O–H groups in total. The fraction of sp³-hybridized carbons (Fsp3) is 0.688. The number of pyridine rings is 1. The van der Waals surface area contributed by atoms with E-state index in [1.807, 2.05) is 6.07 Å². The summed E-state index contributed by atoms with van der Waals surface area (Å²) in [5.41, 5.74) is 0. The van der Waals surface area contributed by atoms with Gasteiger partial charge < -0.3 is 4.90 Å². The quantitative estimate of drug-likeness (QED) is 0.900. The van der Waals surface area contributed by atoms with Gasteiger partial charge in [0, 0.05) is 31.4 Å². The van der Waals surface area contributed by atoms with Crippen molar-refractivity contribution in [1.82, 2.24) is 14.6 Å². The molecule has 3 rings (SSSR count). The van der Waals surface area contributed by atoms with Gasteiger partial charge in [-0.1, -0.05) is 0 Å². The van der Waals surface area contributed by atoms with Gasteiger partial charge in [0.2, 0.25) is 10.0 Å². The summed E-state index contributed by atoms with van der Waals surface area (Å²) in [7, 11) is -2.00. The van der Waals surface area contributed by atoms with Crippen LogP contribution in [0.1, 0.15) is 32.6 Å². The second-order valence-electron chi connectivity index (χ2n) is 6.51. The van der Waals surface area contributed by atoms with Gasteiger partial charge in [-0.05, 0) is 58.3 Å². The number of anilines is 1. The molecule has 2 aliphatic heterocycles. The van der Waals surface area contributed by atoms with Crippen molar-refractivity contribution < 1.29 is 8.42 Å². The van der Waals surface area contributed by atoms with Crippen molar-refractivity contribution >= 4 is 15.8 Å². The first-order valence-corrected chi connectivity index (χ1v) is 9.90. The second-order valence-corrected chi connectivity index (χ2v) is 8.39. The Hall–Kier alpha value is -1.18. The van der Waals surface area contributed by atoms with Crippen LogP contribution in [0.2, 0.25) is 0 Å². The molecule has 3 heterocycles. The number of aromatic nitrogens is 1. The van der Waals surface area contributed by atoms with Crippen LogP contribution in [0.25, 0.3) is 0 Å². The fourth-order valence-corrected chi connectivity index (χ4v) is 4.44. The molecule has 128 valence electrons. The summed E-state index contributed by atoms with van der Waals surface area (Å²) >= 11 is 0. The molecule has 0 saturated carbocycles. The molecule has 0 bridgehead atoms. The molecule has 0 amide bonds. The van der Waals surface area contributed by atoms with E-state index in [1.54, 1.807) is 6.07 Å². The molecule has 1 atom stereocenters. The smallest absolute Gasteiger partial charge is 0.241 e. The molecule has 6 nitrogen and oxygen atoms in total. The van der Waals surface area contributed by atoms with Gasteiger partial charge in [0.15, 0.2) is 0 Å². The molecule has 0 aromatic carbocycles. The first-order chi connectivity index (χ1) is 11.0. The Labute approximate surface area is 138 Å². The highest BCUT2D eigenvalue weighted by Crippen LogP contribution is 2.27. The van der Waals surface area contributed by atoms with E-state index in [4.69, 9.17) is 0 Å². The van der Waals surface area contributed by atoms with E-state index >= 15 is 0 Å². The third-order valence-corrected chi connectivity index (χ3v) is 6.56. The number of likely N-dealkylation sites (tertiary alicyclic amines) is 1. The maximum atomic E-state index is 11.7. The van der Waals surface area contributed by atoms with Crippen LogP contribution >= 0.6 is 0 Å². The van der Waals surface area contributed by atoms with Gasteiger partial charge in [-0.3, -0.25) is 4.90 Å². The molecule has 23 heavy (non-hydrogen) atoms. The predicted molar refractivity (Wildman–Crippen MR) is 91.1 cm³/mol. The Kier molecular flexibility index (Phi) is 4.89. The number of hydrogen-bond acceptors (Lipinski definition) is 5. The van der Waals surface area contributed by atoms with Crippen LogP contribution in [0, 0.1) is 0 Å². The number of rotatable bonds is 4. The van der Waals surface area contributed by atoms with Gasteiger partial charge in [-0.2, -0.15) is 0 Å². The van der Waals surface area contributed by atoms with Gasteiger partial charge in [0.05, 0.1) is 0 Å². The van der Waals surface area contributed by atoms with Crippen LogP contribution in [0.5, 0.6) is 0 Å². The van der Waals surface area contributed by atoms with Crippen LogP contribution in [0.15, 0.2) is 23.2 Å². The second kappa shape index (κ2) is 6.75. The van der Waals surface area contributed by atoms with Crippen molar-refractivity contribution in [1.29, 1.82) is 0 Å². The third-order valence-electron chi connectivity index (χ3n) is 5.16. The van der Waals surface area contributed by atoms with E-state index in [2.05, 4.69) is 26.4 Å². The lowest BCUT2D eigenvalue weighted by atomic mass is 10.0. The summed E-state index contributed by atoms with van der Waals surface area (Å²) in [5.74, 6) is 0.868. The van der Waals surface area contributed by atoms with E-state index in [-0.39, 0.29) is 4.90 Å². The molecule has 0 radical (unpaired) electrons. The molecule has 7 heteroatoms. The SMILES string of the molecule is CNS(=O)(=O)c1ccc(N2CCC(N3CCCC3C)CC2)nc1. The molecule has 2 fully saturated rings. The maximum absolute atomic E-state index is 11.7. The molecule has 2 saturated heterocycles. The van der Waals surface area contributed by atoms with Crippen molar-refractivity contribution in [3.63, 3.8) is 0 Å². The van der Waals surface area contributed by atoms with E-state index in [0.717, 1.165) is 37.8 Å². The molecule has 1 unspecified atom stereocenters. The Bertz CT molecular complexity index is 624. The molecular weight excluding hydrogens is 312 g/mol. The lowest BCUT2D eigenvalue weighted by Crippen LogP contribution is -2.46. The number of piperidine rings is 1. The summed E-state index contributed by atoms with van der Waals surface area (Å²) in [6.45, 7) is 5.54. The van der Waals surface area contributed by atoms with Crippen LogP contribution in [-0.4, -0.2) is 57.1 Å². The Morgan fingerprint density at radius 1 is 1.17 bits per heavy atom. The van der Waals surface area contributed by atoms with Crippen molar-refractivity contribution in [2.24, 2.45) is 0 Å². The minimum absolute atomic E-state index is 0.213. The Morgan fingerprint density at radius 3 is 2.43 bits per heavy atom. The Balaban J connectivity index is 1.61. The number of nitrogens with zero attached hydrogens (tertiary/aromatic N) is 3. The first-order valence-electron chi connectivity index (χ1n) is 8.41. The third kappa shape index (κ3) is 3.51. The monoisotopic (exact) mass is 338 g/mol. The highest BCUT2D eigenvalue weighted by molar-refractivity contribution is 7.89. The summed E-state index contributed by atoms with van der Waals surface area (Å²) in [5, 5.41) is 0. The summed E-state index contributed by atoms with van der Waals surface area (Å²) in [4.78, 5) is 9.48. The molecule has 1 aromatic heterocycles. The van der Waals surface area contributed by atoms with Gasteiger partial charge in [-0.15, -0.1) is 0 Å². The highest BCUT2D eigenvalue weighted by Gasteiger charge is 2.30. The number of nitrogens with one attached hydrogen (secondary N) is 1. The lowest BCUT2D eigenvalue weighted by Gasteiger charge is -2.39. The van der Waals surface area contributed by atoms with Gasteiger partial charge in [0.1, 0.15) is 10.7 Å². The standard InChI is InChI=1S/C16H26N4O2S/c1-13-4-3-9-20(13)14-7-10-19(11-8-14)16-6-5-15(12-18-16)23(21,22)17-2/h5-6,12-14,17H,3-4,7-11H2,1-2H3. The zero-order valence-corrected chi connectivity index (χ0v) is 14.7. The minimum Gasteiger partial charge on any atom is -0.357 e. The van der Waals surface area contributed by atoms with Crippen molar-refractivity contribution in [2.45, 2.75) is 49.6 Å². The van der Waals surface area contributed by atoms with E-state index < -0.39 is 10.0 Å². The van der Waals surface area contributed by atoms with E-state index in [1.165, 1.54) is 32.6 Å². The normalized spacial score (nSPS) is 24.3. The predicted octanol–water partition coefficient (Wildman–Crippen LogP) is 1.44. The minimum atomic E-state index is -3.41. The van der Waals surface area contributed by atoms with Crippen LogP contribution in [0.3, 0.4) is 0 Å². The van der Waals surface area contributed by atoms with Crippen LogP contribution in [-0.2, 0) is 10.0 Å². The molecule has 0 spiro atoms. The topological polar surface area (TPSA) is 65.5 Å². The molecule has 2 aliphatic rings. The maximum Gasteiger partial charge on any atom is 0.241 e. The lowest BCUT2D eigenvalue weighted by molar-refractivity contribution is 0.163. The average molecular weight is 338 g/mol. The summed E-state index contributed by atoms with van der Waals surface area (Å²) in [6.07, 6.45) is 6.40. The molecule has 0 aliphatic carbocycles. The summed E-state index contributed by atoms with van der Waals surface area (Å²) in [6, 6.07) is 4.84. The van der Waals surface area contributed by atoms with E-state index in [9.17, 15) is 8.42 Å². The van der Waals surface area contributed by atoms with Crippen molar-refractivity contribution in [3.05, 3.63) is 18.3 Å². The van der Waals surface area contributed by atoms with E-state index in [0.29, 0.717) is 6.04 Å². The summed E-state index contributed by atoms with van der Waals surface area (Å²) < 4.78 is 25.8. The highest BCUT2D eigenvalue weighted by atomic mass is 32.2. The van der Waals surface area contributed by atoms with Gasteiger partial charge >= 0.3 is 0 Å². The molecule has 1 aromatic rings. The zero-order valence-electron chi connectivity index (χ0n) is 13.9. The zero-order chi connectivity index (χ0) is 16.4. The van der Waals surface area contributed by atoms with Gasteiger partial charge in [0.25, 0.3) is 0 Å². The number of hydrogen-bond donors (Lipinski definition) is 1. The number of sulfonamides is 1. The van der Waals surface area contributed by atoms with Crippen molar-refractivity contribution in [2.75, 3.05) is 31.6 Å². The average Bonchev–Trinajstić information content (AvgIpc) is 3.01. The first kappa shape index (κ1) is 16.7.